The second-order valence-corrected chi connectivity index (χ2v) is 7.84. The highest BCUT2D eigenvalue weighted by molar-refractivity contribution is 6.04. The van der Waals surface area contributed by atoms with Gasteiger partial charge in [0.15, 0.2) is 0 Å². The van der Waals surface area contributed by atoms with Crippen LogP contribution in [0.3, 0.4) is 0 Å². The molecule has 3 aromatic rings. The lowest BCUT2D eigenvalue weighted by Gasteiger charge is -2.12. The van der Waals surface area contributed by atoms with Gasteiger partial charge in [-0.05, 0) is 37.1 Å². The fourth-order valence-corrected chi connectivity index (χ4v) is 3.95. The quantitative estimate of drug-likeness (QED) is 0.581. The van der Waals surface area contributed by atoms with E-state index in [-0.39, 0.29) is 18.5 Å². The zero-order valence-electron chi connectivity index (χ0n) is 18.0. The molecule has 0 spiro atoms. The zero-order valence-corrected chi connectivity index (χ0v) is 18.0. The molecule has 4 rings (SSSR count). The van der Waals surface area contributed by atoms with Gasteiger partial charge in [-0.2, -0.15) is 0 Å². The number of aromatic nitrogens is 2. The molecule has 2 amide bonds. The van der Waals surface area contributed by atoms with Crippen LogP contribution in [0.2, 0.25) is 0 Å². The smallest absolute Gasteiger partial charge is 0.261 e. The van der Waals surface area contributed by atoms with Gasteiger partial charge in [-0.25, -0.2) is 4.98 Å². The molecule has 0 aliphatic carbocycles. The minimum atomic E-state index is -0.454. The van der Waals surface area contributed by atoms with Crippen molar-refractivity contribution in [3.05, 3.63) is 64.2 Å². The van der Waals surface area contributed by atoms with Gasteiger partial charge >= 0.3 is 0 Å². The Bertz CT molecular complexity index is 1220. The Hall–Kier alpha value is -3.68. The summed E-state index contributed by atoms with van der Waals surface area (Å²) in [6, 6.07) is 12.4. The van der Waals surface area contributed by atoms with Crippen LogP contribution < -0.4 is 20.9 Å². The zero-order chi connectivity index (χ0) is 22.5. The molecule has 2 heterocycles. The molecule has 0 unspecified atom stereocenters. The van der Waals surface area contributed by atoms with Gasteiger partial charge in [0, 0.05) is 30.8 Å². The van der Waals surface area contributed by atoms with E-state index in [1.807, 2.05) is 24.3 Å². The van der Waals surface area contributed by atoms with Gasteiger partial charge in [-0.3, -0.25) is 19.0 Å². The van der Waals surface area contributed by atoms with E-state index in [0.717, 1.165) is 37.1 Å². The molecule has 1 aliphatic rings. The summed E-state index contributed by atoms with van der Waals surface area (Å²) in [6.45, 7) is 0.930. The van der Waals surface area contributed by atoms with Gasteiger partial charge in [-0.1, -0.05) is 24.6 Å². The molecule has 2 aromatic carbocycles. The molecule has 32 heavy (non-hydrogen) atoms. The standard InChI is InChI=1S/C24H26N4O4/c1-32-20-8-5-4-7-16(20)15-25-22(29)14-23(30)26-17-10-11-19-18(13-17)24(31)28-12-6-2-3-9-21(28)27-19/h4-5,7-8,10-11,13H,2-3,6,9,12,14-15H2,1H3,(H,25,29)(H,26,30). The summed E-state index contributed by atoms with van der Waals surface area (Å²) >= 11 is 0. The average Bonchev–Trinajstić information content (AvgIpc) is 3.04. The van der Waals surface area contributed by atoms with Crippen molar-refractivity contribution in [2.24, 2.45) is 0 Å². The van der Waals surface area contributed by atoms with Gasteiger partial charge in [0.25, 0.3) is 5.56 Å². The maximum Gasteiger partial charge on any atom is 0.261 e. The van der Waals surface area contributed by atoms with Crippen LogP contribution in [0.1, 0.15) is 37.1 Å². The van der Waals surface area contributed by atoms with E-state index in [1.54, 1.807) is 29.9 Å². The number of nitrogens with zero attached hydrogens (tertiary/aromatic N) is 2. The number of hydrogen-bond acceptors (Lipinski definition) is 5. The molecular formula is C24H26N4O4. The number of nitrogens with one attached hydrogen (secondary N) is 2. The van der Waals surface area contributed by atoms with Crippen LogP contribution in [0.25, 0.3) is 10.9 Å². The van der Waals surface area contributed by atoms with Gasteiger partial charge in [0.2, 0.25) is 11.8 Å². The molecule has 0 saturated carbocycles. The largest absolute Gasteiger partial charge is 0.496 e. The SMILES string of the molecule is COc1ccccc1CNC(=O)CC(=O)Nc1ccc2nc3n(c(=O)c2c1)CCCCC3. The molecule has 0 saturated heterocycles. The lowest BCUT2D eigenvalue weighted by atomic mass is 10.2. The summed E-state index contributed by atoms with van der Waals surface area (Å²) in [7, 11) is 1.57. The average molecular weight is 434 g/mol. The van der Waals surface area contributed by atoms with Crippen molar-refractivity contribution in [1.82, 2.24) is 14.9 Å². The van der Waals surface area contributed by atoms with Crippen molar-refractivity contribution >= 4 is 28.4 Å². The van der Waals surface area contributed by atoms with Crippen LogP contribution in [-0.2, 0) is 29.1 Å². The number of para-hydroxylation sites is 1. The monoisotopic (exact) mass is 434 g/mol. The fourth-order valence-electron chi connectivity index (χ4n) is 3.95. The normalized spacial score (nSPS) is 13.2. The minimum Gasteiger partial charge on any atom is -0.496 e. The highest BCUT2D eigenvalue weighted by Crippen LogP contribution is 2.19. The summed E-state index contributed by atoms with van der Waals surface area (Å²) in [5.74, 6) is 0.639. The number of carbonyl (C=O) groups is 2. The van der Waals surface area contributed by atoms with Crippen LogP contribution in [0.5, 0.6) is 5.75 Å². The minimum absolute atomic E-state index is 0.0856. The highest BCUT2D eigenvalue weighted by atomic mass is 16.5. The summed E-state index contributed by atoms with van der Waals surface area (Å²) in [5, 5.41) is 5.90. The van der Waals surface area contributed by atoms with Gasteiger partial charge < -0.3 is 15.4 Å². The van der Waals surface area contributed by atoms with E-state index in [1.165, 1.54) is 0 Å². The van der Waals surface area contributed by atoms with E-state index < -0.39 is 11.8 Å². The molecule has 0 atom stereocenters. The molecule has 0 bridgehead atoms. The van der Waals surface area contributed by atoms with Crippen molar-refractivity contribution < 1.29 is 14.3 Å². The van der Waals surface area contributed by atoms with E-state index >= 15 is 0 Å². The Balaban J connectivity index is 1.41. The first-order chi connectivity index (χ1) is 15.5. The third kappa shape index (κ3) is 4.80. The Kier molecular flexibility index (Phi) is 6.49. The lowest BCUT2D eigenvalue weighted by Crippen LogP contribution is -2.28. The van der Waals surface area contributed by atoms with Crippen LogP contribution >= 0.6 is 0 Å². The first-order valence-electron chi connectivity index (χ1n) is 10.8. The Labute approximate surface area is 185 Å². The van der Waals surface area contributed by atoms with Crippen LogP contribution in [0.4, 0.5) is 5.69 Å². The molecule has 0 radical (unpaired) electrons. The van der Waals surface area contributed by atoms with Gasteiger partial charge in [-0.15, -0.1) is 0 Å². The van der Waals surface area contributed by atoms with Crippen LogP contribution in [0.15, 0.2) is 47.3 Å². The number of hydrogen-bond donors (Lipinski definition) is 2. The number of amides is 2. The summed E-state index contributed by atoms with van der Waals surface area (Å²) < 4.78 is 7.00. The van der Waals surface area contributed by atoms with Crippen LogP contribution in [-0.4, -0.2) is 28.5 Å². The predicted molar refractivity (Wildman–Crippen MR) is 122 cm³/mol. The number of rotatable bonds is 6. The van der Waals surface area contributed by atoms with E-state index in [4.69, 9.17) is 4.74 Å². The first-order valence-corrected chi connectivity index (χ1v) is 10.8. The molecule has 166 valence electrons. The maximum atomic E-state index is 12.9. The Morgan fingerprint density at radius 1 is 1.09 bits per heavy atom. The van der Waals surface area contributed by atoms with Crippen LogP contribution in [0, 0.1) is 0 Å². The Morgan fingerprint density at radius 3 is 2.78 bits per heavy atom. The number of aryl methyl sites for hydroxylation is 1. The van der Waals surface area contributed by atoms with Gasteiger partial charge in [0.05, 0.1) is 18.0 Å². The lowest BCUT2D eigenvalue weighted by molar-refractivity contribution is -0.126. The van der Waals surface area contributed by atoms with E-state index in [9.17, 15) is 14.4 Å². The fraction of sp³-hybridized carbons (Fsp3) is 0.333. The van der Waals surface area contributed by atoms with E-state index in [2.05, 4.69) is 15.6 Å². The summed E-state index contributed by atoms with van der Waals surface area (Å²) in [4.78, 5) is 42.2. The number of carbonyl (C=O) groups excluding carboxylic acids is 2. The third-order valence-corrected chi connectivity index (χ3v) is 5.59. The number of anilines is 1. The number of ether oxygens (including phenoxy) is 1. The third-order valence-electron chi connectivity index (χ3n) is 5.59. The summed E-state index contributed by atoms with van der Waals surface area (Å²) in [6.07, 6.45) is 3.55. The van der Waals surface area contributed by atoms with Gasteiger partial charge in [0.1, 0.15) is 18.0 Å². The molecule has 0 fully saturated rings. The number of methoxy groups -OCH3 is 1. The Morgan fingerprint density at radius 2 is 1.94 bits per heavy atom. The van der Waals surface area contributed by atoms with Crippen molar-refractivity contribution in [2.45, 2.75) is 45.2 Å². The maximum absolute atomic E-state index is 12.9. The van der Waals surface area contributed by atoms with Crippen molar-refractivity contribution in [1.29, 1.82) is 0 Å². The number of benzene rings is 2. The summed E-state index contributed by atoms with van der Waals surface area (Å²) in [5.41, 5.74) is 1.83. The number of fused-ring (bicyclic) bond motifs is 2. The van der Waals surface area contributed by atoms with E-state index in [0.29, 0.717) is 28.9 Å². The first kappa shape index (κ1) is 21.5. The molecule has 2 N–H and O–H groups in total. The second-order valence-electron chi connectivity index (χ2n) is 7.84. The van der Waals surface area contributed by atoms with Crippen molar-refractivity contribution in [3.8, 4) is 5.75 Å². The molecule has 8 nitrogen and oxygen atoms in total. The molecule has 8 heteroatoms. The topological polar surface area (TPSA) is 102 Å². The molecule has 1 aliphatic heterocycles. The second kappa shape index (κ2) is 9.64. The predicted octanol–water partition coefficient (Wildman–Crippen LogP) is 2.78. The molecular weight excluding hydrogens is 408 g/mol. The molecule has 1 aromatic heterocycles. The highest BCUT2D eigenvalue weighted by Gasteiger charge is 2.15. The van der Waals surface area contributed by atoms with Crippen molar-refractivity contribution in [3.63, 3.8) is 0 Å². The van der Waals surface area contributed by atoms with Crippen molar-refractivity contribution in [2.75, 3.05) is 12.4 Å².